The molecule has 1 aromatic carbocycles. The van der Waals surface area contributed by atoms with E-state index in [4.69, 9.17) is 16.7 Å². The lowest BCUT2D eigenvalue weighted by Crippen LogP contribution is -2.50. The van der Waals surface area contributed by atoms with Gasteiger partial charge in [0.2, 0.25) is 5.91 Å². The fraction of sp³-hybridized carbons (Fsp3) is 0.500. The molecule has 0 heterocycles. The molecule has 0 aliphatic heterocycles. The van der Waals surface area contributed by atoms with Crippen LogP contribution in [0.25, 0.3) is 0 Å². The number of halogens is 1. The molecule has 2 N–H and O–H groups in total. The molecule has 114 valence electrons. The molecular formula is C16H20ClNO3. The molecule has 1 aromatic rings. The maximum Gasteiger partial charge on any atom is 0.325 e. The van der Waals surface area contributed by atoms with Gasteiger partial charge in [-0.1, -0.05) is 43.0 Å². The average molecular weight is 310 g/mol. The first-order chi connectivity index (χ1) is 9.95. The third-order valence-electron chi connectivity index (χ3n) is 4.24. The second-order valence-electron chi connectivity index (χ2n) is 5.69. The molecule has 1 saturated carbocycles. The molecule has 0 unspecified atom stereocenters. The standard InChI is InChI=1S/C16H20ClNO3/c1-11(14(19)20)18-15(21)16(8-3-2-4-9-16)12-6-5-7-13(17)10-12/h5-7,10-11H,2-4,8-9H2,1H3,(H,18,21)(H,19,20)/t11-/m1/s1. The molecule has 2 rings (SSSR count). The number of carboxylic acid groups (broad SMARTS) is 1. The maximum atomic E-state index is 12.7. The fourth-order valence-corrected chi connectivity index (χ4v) is 3.18. The van der Waals surface area contributed by atoms with E-state index in [9.17, 15) is 9.59 Å². The zero-order chi connectivity index (χ0) is 15.5. The molecule has 1 atom stereocenters. The Hall–Kier alpha value is -1.55. The number of carbonyl (C=O) groups excluding carboxylic acids is 1. The molecule has 0 radical (unpaired) electrons. The lowest BCUT2D eigenvalue weighted by atomic mass is 9.68. The van der Waals surface area contributed by atoms with Crippen LogP contribution in [0.15, 0.2) is 24.3 Å². The van der Waals surface area contributed by atoms with E-state index in [1.165, 1.54) is 6.92 Å². The number of carbonyl (C=O) groups is 2. The Balaban J connectivity index is 2.33. The number of rotatable bonds is 4. The lowest BCUT2D eigenvalue weighted by molar-refractivity contribution is -0.142. The molecule has 0 aromatic heterocycles. The molecule has 4 nitrogen and oxygen atoms in total. The van der Waals surface area contributed by atoms with Crippen LogP contribution in [0, 0.1) is 0 Å². The fourth-order valence-electron chi connectivity index (χ4n) is 2.98. The highest BCUT2D eigenvalue weighted by Gasteiger charge is 2.42. The maximum absolute atomic E-state index is 12.7. The van der Waals surface area contributed by atoms with E-state index in [0.29, 0.717) is 5.02 Å². The van der Waals surface area contributed by atoms with Gasteiger partial charge in [-0.3, -0.25) is 9.59 Å². The van der Waals surface area contributed by atoms with Gasteiger partial charge in [0.15, 0.2) is 0 Å². The summed E-state index contributed by atoms with van der Waals surface area (Å²) in [6, 6.07) is 6.44. The van der Waals surface area contributed by atoms with Crippen molar-refractivity contribution >= 4 is 23.5 Å². The van der Waals surface area contributed by atoms with Crippen LogP contribution in [0.2, 0.25) is 5.02 Å². The molecule has 0 spiro atoms. The van der Waals surface area contributed by atoms with E-state index in [0.717, 1.165) is 37.7 Å². The van der Waals surface area contributed by atoms with Gasteiger partial charge in [-0.05, 0) is 37.5 Å². The van der Waals surface area contributed by atoms with Gasteiger partial charge in [0, 0.05) is 5.02 Å². The topological polar surface area (TPSA) is 66.4 Å². The van der Waals surface area contributed by atoms with Gasteiger partial charge in [0.1, 0.15) is 6.04 Å². The summed E-state index contributed by atoms with van der Waals surface area (Å²) in [5.41, 5.74) is 0.220. The number of hydrogen-bond acceptors (Lipinski definition) is 2. The van der Waals surface area contributed by atoms with E-state index in [1.54, 1.807) is 6.07 Å². The van der Waals surface area contributed by atoms with Gasteiger partial charge in [0.05, 0.1) is 5.41 Å². The molecule has 1 fully saturated rings. The van der Waals surface area contributed by atoms with E-state index < -0.39 is 17.4 Å². The van der Waals surface area contributed by atoms with Crippen LogP contribution in [0.5, 0.6) is 0 Å². The Bertz CT molecular complexity index is 538. The molecule has 1 amide bonds. The monoisotopic (exact) mass is 309 g/mol. The van der Waals surface area contributed by atoms with Crippen molar-refractivity contribution in [2.75, 3.05) is 0 Å². The zero-order valence-electron chi connectivity index (χ0n) is 12.1. The van der Waals surface area contributed by atoms with Gasteiger partial charge in [0.25, 0.3) is 0 Å². The van der Waals surface area contributed by atoms with Crippen molar-refractivity contribution in [1.29, 1.82) is 0 Å². The predicted molar refractivity (Wildman–Crippen MR) is 81.5 cm³/mol. The van der Waals surface area contributed by atoms with Gasteiger partial charge < -0.3 is 10.4 Å². The van der Waals surface area contributed by atoms with Gasteiger partial charge >= 0.3 is 5.97 Å². The van der Waals surface area contributed by atoms with Gasteiger partial charge in [-0.2, -0.15) is 0 Å². The van der Waals surface area contributed by atoms with E-state index in [-0.39, 0.29) is 5.91 Å². The van der Waals surface area contributed by atoms with Crippen molar-refractivity contribution in [2.24, 2.45) is 0 Å². The average Bonchev–Trinajstić information content (AvgIpc) is 2.47. The Kier molecular flexibility index (Phi) is 4.88. The molecule has 1 aliphatic rings. The minimum Gasteiger partial charge on any atom is -0.480 e. The van der Waals surface area contributed by atoms with Crippen molar-refractivity contribution in [3.8, 4) is 0 Å². The quantitative estimate of drug-likeness (QED) is 0.898. The molecule has 5 heteroatoms. The lowest BCUT2D eigenvalue weighted by Gasteiger charge is -2.37. The van der Waals surface area contributed by atoms with Crippen molar-refractivity contribution < 1.29 is 14.7 Å². The minimum atomic E-state index is -1.03. The summed E-state index contributed by atoms with van der Waals surface area (Å²) in [5.74, 6) is -1.24. The number of benzene rings is 1. The first kappa shape index (κ1) is 15.8. The normalized spacial score (nSPS) is 18.8. The SMILES string of the molecule is C[C@@H](NC(=O)C1(c2cccc(Cl)c2)CCCCC1)C(=O)O. The van der Waals surface area contributed by atoms with Crippen LogP contribution in [0.1, 0.15) is 44.6 Å². The van der Waals surface area contributed by atoms with E-state index >= 15 is 0 Å². The van der Waals surface area contributed by atoms with Crippen molar-refractivity contribution in [2.45, 2.75) is 50.5 Å². The van der Waals surface area contributed by atoms with Crippen LogP contribution < -0.4 is 5.32 Å². The number of nitrogens with one attached hydrogen (secondary N) is 1. The van der Waals surface area contributed by atoms with Crippen molar-refractivity contribution in [3.63, 3.8) is 0 Å². The summed E-state index contributed by atoms with van der Waals surface area (Å²) in [7, 11) is 0. The third kappa shape index (κ3) is 3.38. The smallest absolute Gasteiger partial charge is 0.325 e. The second-order valence-corrected chi connectivity index (χ2v) is 6.12. The summed E-state index contributed by atoms with van der Waals surface area (Å²) >= 11 is 6.06. The number of aliphatic carboxylic acids is 1. The predicted octanol–water partition coefficient (Wildman–Crippen LogP) is 3.13. The van der Waals surface area contributed by atoms with Crippen LogP contribution in [-0.4, -0.2) is 23.0 Å². The van der Waals surface area contributed by atoms with Crippen LogP contribution in [0.4, 0.5) is 0 Å². The first-order valence-electron chi connectivity index (χ1n) is 7.25. The first-order valence-corrected chi connectivity index (χ1v) is 7.63. The summed E-state index contributed by atoms with van der Waals surface area (Å²) in [4.78, 5) is 23.7. The second kappa shape index (κ2) is 6.48. The molecule has 0 bridgehead atoms. The third-order valence-corrected chi connectivity index (χ3v) is 4.47. The Morgan fingerprint density at radius 2 is 1.95 bits per heavy atom. The van der Waals surface area contributed by atoms with Crippen molar-refractivity contribution in [3.05, 3.63) is 34.9 Å². The van der Waals surface area contributed by atoms with E-state index in [1.807, 2.05) is 18.2 Å². The van der Waals surface area contributed by atoms with Gasteiger partial charge in [-0.15, -0.1) is 0 Å². The number of amides is 1. The Morgan fingerprint density at radius 1 is 1.29 bits per heavy atom. The van der Waals surface area contributed by atoms with Crippen LogP contribution >= 0.6 is 11.6 Å². The molecule has 0 saturated heterocycles. The summed E-state index contributed by atoms with van der Waals surface area (Å²) in [5, 5.41) is 12.2. The van der Waals surface area contributed by atoms with Crippen molar-refractivity contribution in [1.82, 2.24) is 5.32 Å². The summed E-state index contributed by atoms with van der Waals surface area (Å²) in [6.45, 7) is 1.48. The summed E-state index contributed by atoms with van der Waals surface area (Å²) < 4.78 is 0. The van der Waals surface area contributed by atoms with Gasteiger partial charge in [-0.25, -0.2) is 0 Å². The van der Waals surface area contributed by atoms with Crippen LogP contribution in [-0.2, 0) is 15.0 Å². The zero-order valence-corrected chi connectivity index (χ0v) is 12.8. The molecule has 1 aliphatic carbocycles. The highest BCUT2D eigenvalue weighted by Crippen LogP contribution is 2.40. The Labute approximate surface area is 129 Å². The van der Waals surface area contributed by atoms with Crippen LogP contribution in [0.3, 0.4) is 0 Å². The Morgan fingerprint density at radius 3 is 2.52 bits per heavy atom. The minimum absolute atomic E-state index is 0.209. The number of hydrogen-bond donors (Lipinski definition) is 2. The van der Waals surface area contributed by atoms with E-state index in [2.05, 4.69) is 5.32 Å². The highest BCUT2D eigenvalue weighted by atomic mass is 35.5. The summed E-state index contributed by atoms with van der Waals surface area (Å²) in [6.07, 6.45) is 4.48. The largest absolute Gasteiger partial charge is 0.480 e. The molecular weight excluding hydrogens is 290 g/mol. The highest BCUT2D eigenvalue weighted by molar-refractivity contribution is 6.30. The molecule has 21 heavy (non-hydrogen) atoms. The number of carboxylic acids is 1.